The Kier molecular flexibility index (Phi) is 6.22. The summed E-state index contributed by atoms with van der Waals surface area (Å²) in [5, 5.41) is 2.80. The van der Waals surface area contributed by atoms with Crippen LogP contribution in [0.2, 0.25) is 0 Å². The average molecular weight is 291 g/mol. The summed E-state index contributed by atoms with van der Waals surface area (Å²) in [5.41, 5.74) is 5.36. The fourth-order valence-electron chi connectivity index (χ4n) is 2.21. The lowest BCUT2D eigenvalue weighted by Crippen LogP contribution is -2.55. The summed E-state index contributed by atoms with van der Waals surface area (Å²) in [6, 6.07) is 0. The molecule has 7 heteroatoms. The van der Waals surface area contributed by atoms with Gasteiger partial charge in [-0.15, -0.1) is 0 Å². The van der Waals surface area contributed by atoms with Crippen molar-refractivity contribution in [1.29, 1.82) is 0 Å². The van der Waals surface area contributed by atoms with Gasteiger partial charge >= 0.3 is 0 Å². The van der Waals surface area contributed by atoms with Gasteiger partial charge in [-0.1, -0.05) is 19.3 Å². The summed E-state index contributed by atoms with van der Waals surface area (Å²) in [5.74, 6) is -0.0313. The number of sulfonamides is 1. The van der Waals surface area contributed by atoms with E-state index in [2.05, 4.69) is 10.0 Å². The van der Waals surface area contributed by atoms with E-state index >= 15 is 0 Å². The molecule has 19 heavy (non-hydrogen) atoms. The molecule has 0 saturated heterocycles. The Morgan fingerprint density at radius 2 is 1.84 bits per heavy atom. The summed E-state index contributed by atoms with van der Waals surface area (Å²) in [7, 11) is -3.14. The van der Waals surface area contributed by atoms with Gasteiger partial charge in [-0.3, -0.25) is 4.79 Å². The summed E-state index contributed by atoms with van der Waals surface area (Å²) < 4.78 is 24.8. The standard InChI is InChI=1S/C12H25N3O3S/c1-2-19(17,18)15-10-6-9-14-11(16)12(13)7-4-3-5-8-12/h15H,2-10,13H2,1H3,(H,14,16). The fourth-order valence-corrected chi connectivity index (χ4v) is 2.87. The molecule has 6 nitrogen and oxygen atoms in total. The van der Waals surface area contributed by atoms with Gasteiger partial charge in [0.1, 0.15) is 0 Å². The predicted octanol–water partition coefficient (Wildman–Crippen LogP) is 0.0936. The molecule has 1 fully saturated rings. The lowest BCUT2D eigenvalue weighted by Gasteiger charge is -2.31. The zero-order valence-electron chi connectivity index (χ0n) is 11.6. The molecular formula is C12H25N3O3S. The first-order valence-electron chi connectivity index (χ1n) is 6.94. The molecular weight excluding hydrogens is 266 g/mol. The first kappa shape index (κ1) is 16.4. The summed E-state index contributed by atoms with van der Waals surface area (Å²) in [4.78, 5) is 12.0. The second-order valence-electron chi connectivity index (χ2n) is 5.12. The van der Waals surface area contributed by atoms with Gasteiger partial charge in [0.15, 0.2) is 0 Å². The van der Waals surface area contributed by atoms with Crippen LogP contribution >= 0.6 is 0 Å². The molecule has 112 valence electrons. The molecule has 1 saturated carbocycles. The molecule has 1 aliphatic carbocycles. The predicted molar refractivity (Wildman–Crippen MR) is 75.1 cm³/mol. The highest BCUT2D eigenvalue weighted by atomic mass is 32.2. The van der Waals surface area contributed by atoms with Gasteiger partial charge in [0, 0.05) is 13.1 Å². The van der Waals surface area contributed by atoms with E-state index in [0.29, 0.717) is 19.5 Å². The van der Waals surface area contributed by atoms with Crippen molar-refractivity contribution in [2.75, 3.05) is 18.8 Å². The Morgan fingerprint density at radius 1 is 1.21 bits per heavy atom. The lowest BCUT2D eigenvalue weighted by atomic mass is 9.82. The van der Waals surface area contributed by atoms with Crippen LogP contribution in [0.5, 0.6) is 0 Å². The minimum absolute atomic E-state index is 0.0747. The van der Waals surface area contributed by atoms with Crippen molar-refractivity contribution in [2.24, 2.45) is 5.73 Å². The second-order valence-corrected chi connectivity index (χ2v) is 7.22. The molecule has 0 atom stereocenters. The molecule has 0 spiro atoms. The summed E-state index contributed by atoms with van der Waals surface area (Å²) >= 11 is 0. The number of nitrogens with two attached hydrogens (primary N) is 1. The number of carbonyl (C=O) groups is 1. The second kappa shape index (κ2) is 7.21. The van der Waals surface area contributed by atoms with E-state index in [-0.39, 0.29) is 11.7 Å². The molecule has 4 N–H and O–H groups in total. The van der Waals surface area contributed by atoms with E-state index in [1.807, 2.05) is 0 Å². The van der Waals surface area contributed by atoms with Crippen molar-refractivity contribution in [3.8, 4) is 0 Å². The van der Waals surface area contributed by atoms with E-state index in [1.165, 1.54) is 0 Å². The number of rotatable bonds is 7. The number of nitrogens with one attached hydrogen (secondary N) is 2. The molecule has 0 aromatic heterocycles. The van der Waals surface area contributed by atoms with Gasteiger partial charge in [-0.2, -0.15) is 0 Å². The summed E-state index contributed by atoms with van der Waals surface area (Å²) in [6.45, 7) is 2.38. The number of hydrogen-bond donors (Lipinski definition) is 3. The Hall–Kier alpha value is -0.660. The van der Waals surface area contributed by atoms with Crippen molar-refractivity contribution in [3.05, 3.63) is 0 Å². The van der Waals surface area contributed by atoms with E-state index < -0.39 is 15.6 Å². The third kappa shape index (κ3) is 5.46. The third-order valence-corrected chi connectivity index (χ3v) is 4.94. The van der Waals surface area contributed by atoms with E-state index in [0.717, 1.165) is 32.1 Å². The van der Waals surface area contributed by atoms with Crippen LogP contribution < -0.4 is 15.8 Å². The molecule has 1 aliphatic rings. The van der Waals surface area contributed by atoms with Crippen molar-refractivity contribution >= 4 is 15.9 Å². The quantitative estimate of drug-likeness (QED) is 0.579. The smallest absolute Gasteiger partial charge is 0.240 e. The number of amides is 1. The zero-order chi connectivity index (χ0) is 14.4. The highest BCUT2D eigenvalue weighted by molar-refractivity contribution is 7.89. The van der Waals surface area contributed by atoms with Gasteiger partial charge < -0.3 is 11.1 Å². The minimum Gasteiger partial charge on any atom is -0.354 e. The molecule has 0 unspecified atom stereocenters. The zero-order valence-corrected chi connectivity index (χ0v) is 12.4. The Balaban J connectivity index is 2.20. The van der Waals surface area contributed by atoms with Gasteiger partial charge in [-0.25, -0.2) is 13.1 Å². The van der Waals surface area contributed by atoms with Crippen molar-refractivity contribution in [1.82, 2.24) is 10.0 Å². The molecule has 0 aliphatic heterocycles. The normalized spacial score (nSPS) is 19.1. The van der Waals surface area contributed by atoms with E-state index in [1.54, 1.807) is 6.92 Å². The van der Waals surface area contributed by atoms with Crippen molar-refractivity contribution in [2.45, 2.75) is 51.0 Å². The summed E-state index contributed by atoms with van der Waals surface area (Å²) in [6.07, 6.45) is 5.19. The minimum atomic E-state index is -3.14. The monoisotopic (exact) mass is 291 g/mol. The van der Waals surface area contributed by atoms with Crippen LogP contribution in [0.4, 0.5) is 0 Å². The highest BCUT2D eigenvalue weighted by Gasteiger charge is 2.34. The Morgan fingerprint density at radius 3 is 2.42 bits per heavy atom. The van der Waals surface area contributed by atoms with Gasteiger partial charge in [-0.05, 0) is 26.2 Å². The molecule has 0 radical (unpaired) electrons. The molecule has 0 heterocycles. The first-order valence-corrected chi connectivity index (χ1v) is 8.59. The van der Waals surface area contributed by atoms with Crippen LogP contribution in [0.3, 0.4) is 0 Å². The average Bonchev–Trinajstić information content (AvgIpc) is 2.39. The molecule has 0 bridgehead atoms. The maximum atomic E-state index is 12.0. The third-order valence-electron chi connectivity index (χ3n) is 3.54. The van der Waals surface area contributed by atoms with E-state index in [9.17, 15) is 13.2 Å². The van der Waals surface area contributed by atoms with E-state index in [4.69, 9.17) is 5.73 Å². The molecule has 1 rings (SSSR count). The lowest BCUT2D eigenvalue weighted by molar-refractivity contribution is -0.127. The SMILES string of the molecule is CCS(=O)(=O)NCCCNC(=O)C1(N)CCCCC1. The van der Waals surface area contributed by atoms with Gasteiger partial charge in [0.05, 0.1) is 11.3 Å². The number of hydrogen-bond acceptors (Lipinski definition) is 4. The van der Waals surface area contributed by atoms with Crippen LogP contribution in [-0.2, 0) is 14.8 Å². The first-order chi connectivity index (χ1) is 8.90. The fraction of sp³-hybridized carbons (Fsp3) is 0.917. The van der Waals surface area contributed by atoms with Gasteiger partial charge in [0.2, 0.25) is 15.9 Å². The maximum Gasteiger partial charge on any atom is 0.240 e. The molecule has 0 aromatic rings. The van der Waals surface area contributed by atoms with Crippen LogP contribution in [0.25, 0.3) is 0 Å². The largest absolute Gasteiger partial charge is 0.354 e. The van der Waals surface area contributed by atoms with Gasteiger partial charge in [0.25, 0.3) is 0 Å². The maximum absolute atomic E-state index is 12.0. The van der Waals surface area contributed by atoms with Crippen LogP contribution in [0.15, 0.2) is 0 Å². The van der Waals surface area contributed by atoms with Crippen LogP contribution in [0.1, 0.15) is 45.4 Å². The van der Waals surface area contributed by atoms with Crippen LogP contribution in [0, 0.1) is 0 Å². The van der Waals surface area contributed by atoms with Crippen molar-refractivity contribution < 1.29 is 13.2 Å². The van der Waals surface area contributed by atoms with Crippen LogP contribution in [-0.4, -0.2) is 38.7 Å². The molecule has 1 amide bonds. The topological polar surface area (TPSA) is 101 Å². The number of carbonyl (C=O) groups excluding carboxylic acids is 1. The Bertz CT molecular complexity index is 389. The van der Waals surface area contributed by atoms with Crippen molar-refractivity contribution in [3.63, 3.8) is 0 Å². The Labute approximate surface area is 115 Å². The molecule has 0 aromatic carbocycles. The highest BCUT2D eigenvalue weighted by Crippen LogP contribution is 2.25.